The van der Waals surface area contributed by atoms with Crippen LogP contribution in [-0.4, -0.2) is 21.0 Å². The summed E-state index contributed by atoms with van der Waals surface area (Å²) in [4.78, 5) is 31.8. The Bertz CT molecular complexity index is 703. The summed E-state index contributed by atoms with van der Waals surface area (Å²) in [6.07, 6.45) is 4.67. The van der Waals surface area contributed by atoms with Gasteiger partial charge in [-0.3, -0.25) is 9.59 Å². The summed E-state index contributed by atoms with van der Waals surface area (Å²) in [7, 11) is 0. The van der Waals surface area contributed by atoms with Crippen LogP contribution in [0.3, 0.4) is 0 Å². The maximum atomic E-state index is 12.2. The van der Waals surface area contributed by atoms with E-state index in [-0.39, 0.29) is 18.4 Å². The Morgan fingerprint density at radius 2 is 2.10 bits per heavy atom. The lowest BCUT2D eigenvalue weighted by atomic mass is 10.1. The largest absolute Gasteiger partial charge is 0.481 e. The smallest absolute Gasteiger partial charge is 0.303 e. The van der Waals surface area contributed by atoms with E-state index in [0.717, 1.165) is 23.2 Å². The molecule has 0 amide bonds. The number of carbonyl (C=O) groups is 1. The van der Waals surface area contributed by atoms with Crippen molar-refractivity contribution in [2.75, 3.05) is 0 Å². The van der Waals surface area contributed by atoms with Gasteiger partial charge >= 0.3 is 5.97 Å². The van der Waals surface area contributed by atoms with Crippen molar-refractivity contribution >= 4 is 27.5 Å². The van der Waals surface area contributed by atoms with Crippen LogP contribution in [0.1, 0.15) is 48.9 Å². The maximum Gasteiger partial charge on any atom is 0.303 e. The highest BCUT2D eigenvalue weighted by Gasteiger charge is 2.14. The summed E-state index contributed by atoms with van der Waals surface area (Å²) in [5, 5.41) is 9.37. The van der Waals surface area contributed by atoms with Gasteiger partial charge < -0.3 is 10.1 Å². The number of nitrogens with zero attached hydrogens (tertiary/aromatic N) is 1. The summed E-state index contributed by atoms with van der Waals surface area (Å²) in [5.41, 5.74) is 0.862. The molecule has 6 heteroatoms. The number of hydrogen-bond acceptors (Lipinski definition) is 4. The van der Waals surface area contributed by atoms with Gasteiger partial charge in [-0.1, -0.05) is 19.8 Å². The second-order valence-electron chi connectivity index (χ2n) is 5.19. The highest BCUT2D eigenvalue weighted by Crippen LogP contribution is 2.28. The molecule has 0 aliphatic carbocycles. The summed E-state index contributed by atoms with van der Waals surface area (Å²) in [5.74, 6) is -0.434. The SMILES string of the molecule is CCCCCc1sc2nc(CCC(=O)O)[nH]c(=O)c2c1C. The van der Waals surface area contributed by atoms with Crippen molar-refractivity contribution in [1.82, 2.24) is 9.97 Å². The van der Waals surface area contributed by atoms with E-state index in [1.807, 2.05) is 6.92 Å². The number of aliphatic carboxylic acids is 1. The Kier molecular flexibility index (Phi) is 5.12. The Morgan fingerprint density at radius 1 is 1.33 bits per heavy atom. The number of H-pyrrole nitrogens is 1. The molecule has 0 fully saturated rings. The first-order valence-corrected chi connectivity index (χ1v) is 8.07. The minimum Gasteiger partial charge on any atom is -0.481 e. The number of fused-ring (bicyclic) bond motifs is 1. The van der Waals surface area contributed by atoms with Gasteiger partial charge in [0.25, 0.3) is 5.56 Å². The second kappa shape index (κ2) is 6.85. The number of carboxylic acids is 1. The van der Waals surface area contributed by atoms with Crippen LogP contribution in [0.2, 0.25) is 0 Å². The molecule has 0 saturated carbocycles. The van der Waals surface area contributed by atoms with Crippen LogP contribution in [0.4, 0.5) is 0 Å². The number of rotatable bonds is 7. The molecule has 21 heavy (non-hydrogen) atoms. The molecule has 0 unspecified atom stereocenters. The highest BCUT2D eigenvalue weighted by molar-refractivity contribution is 7.18. The van der Waals surface area contributed by atoms with Gasteiger partial charge in [-0.15, -0.1) is 11.3 Å². The third kappa shape index (κ3) is 3.69. The summed E-state index contributed by atoms with van der Waals surface area (Å²) < 4.78 is 0. The number of nitrogens with one attached hydrogen (secondary N) is 1. The number of unbranched alkanes of at least 4 members (excludes halogenated alkanes) is 2. The minimum absolute atomic E-state index is 0.0256. The van der Waals surface area contributed by atoms with Crippen molar-refractivity contribution in [2.24, 2.45) is 0 Å². The predicted molar refractivity (Wildman–Crippen MR) is 84.2 cm³/mol. The average molecular weight is 308 g/mol. The maximum absolute atomic E-state index is 12.2. The molecule has 0 aliphatic rings. The monoisotopic (exact) mass is 308 g/mol. The molecule has 0 aliphatic heterocycles. The van der Waals surface area contributed by atoms with Crippen LogP contribution < -0.4 is 5.56 Å². The van der Waals surface area contributed by atoms with Gasteiger partial charge in [0, 0.05) is 11.3 Å². The number of carboxylic acid groups (broad SMARTS) is 1. The van der Waals surface area contributed by atoms with E-state index in [9.17, 15) is 9.59 Å². The van der Waals surface area contributed by atoms with Crippen LogP contribution >= 0.6 is 11.3 Å². The van der Waals surface area contributed by atoms with Crippen LogP contribution in [0.25, 0.3) is 10.2 Å². The molecule has 5 nitrogen and oxygen atoms in total. The molecule has 0 bridgehead atoms. The standard InChI is InChI=1S/C15H20N2O3S/c1-3-4-5-6-10-9(2)13-14(20)16-11(7-8-12(18)19)17-15(13)21-10/h3-8H2,1-2H3,(H,18,19)(H,16,17,20). The molecule has 2 rings (SSSR count). The normalized spacial score (nSPS) is 11.1. The van der Waals surface area contributed by atoms with Crippen molar-refractivity contribution < 1.29 is 9.90 Å². The van der Waals surface area contributed by atoms with E-state index < -0.39 is 5.97 Å². The quantitative estimate of drug-likeness (QED) is 0.770. The lowest BCUT2D eigenvalue weighted by Crippen LogP contribution is -2.12. The van der Waals surface area contributed by atoms with Gasteiger partial charge in [0.05, 0.1) is 11.8 Å². The molecule has 0 saturated heterocycles. The second-order valence-corrected chi connectivity index (χ2v) is 6.28. The number of aryl methyl sites for hydroxylation is 3. The summed E-state index contributed by atoms with van der Waals surface area (Å²) in [6, 6.07) is 0. The summed E-state index contributed by atoms with van der Waals surface area (Å²) in [6.45, 7) is 4.13. The molecule has 0 radical (unpaired) electrons. The Morgan fingerprint density at radius 3 is 2.76 bits per heavy atom. The fraction of sp³-hybridized carbons (Fsp3) is 0.533. The molecule has 2 N–H and O–H groups in total. The van der Waals surface area contributed by atoms with E-state index in [1.165, 1.54) is 17.7 Å². The van der Waals surface area contributed by atoms with E-state index >= 15 is 0 Å². The minimum atomic E-state index is -0.889. The van der Waals surface area contributed by atoms with E-state index in [4.69, 9.17) is 5.11 Å². The van der Waals surface area contributed by atoms with Crippen molar-refractivity contribution in [2.45, 2.75) is 52.4 Å². The molecular weight excluding hydrogens is 288 g/mol. The van der Waals surface area contributed by atoms with Crippen LogP contribution in [0.5, 0.6) is 0 Å². The van der Waals surface area contributed by atoms with Gasteiger partial charge in [0.2, 0.25) is 0 Å². The Labute approximate surface area is 127 Å². The number of aromatic nitrogens is 2. The van der Waals surface area contributed by atoms with Gasteiger partial charge in [-0.25, -0.2) is 4.98 Å². The van der Waals surface area contributed by atoms with Crippen molar-refractivity contribution in [1.29, 1.82) is 0 Å². The highest BCUT2D eigenvalue weighted by atomic mass is 32.1. The predicted octanol–water partition coefficient (Wildman–Crippen LogP) is 3.04. The average Bonchev–Trinajstić information content (AvgIpc) is 2.74. The van der Waals surface area contributed by atoms with Crippen LogP contribution in [0, 0.1) is 6.92 Å². The van der Waals surface area contributed by atoms with Gasteiger partial charge in [0.1, 0.15) is 10.7 Å². The molecular formula is C15H20N2O3S. The van der Waals surface area contributed by atoms with Crippen LogP contribution in [-0.2, 0) is 17.6 Å². The number of hydrogen-bond donors (Lipinski definition) is 2. The molecule has 114 valence electrons. The van der Waals surface area contributed by atoms with E-state index in [2.05, 4.69) is 16.9 Å². The summed E-state index contributed by atoms with van der Waals surface area (Å²) >= 11 is 1.56. The molecule has 2 aromatic rings. The third-order valence-corrected chi connectivity index (χ3v) is 4.78. The lowest BCUT2D eigenvalue weighted by molar-refractivity contribution is -0.137. The molecule has 0 spiro atoms. The fourth-order valence-electron chi connectivity index (χ4n) is 2.35. The van der Waals surface area contributed by atoms with Crippen molar-refractivity contribution in [3.05, 3.63) is 26.6 Å². The zero-order valence-electron chi connectivity index (χ0n) is 12.4. The first kappa shape index (κ1) is 15.7. The topological polar surface area (TPSA) is 83.0 Å². The zero-order chi connectivity index (χ0) is 15.4. The van der Waals surface area contributed by atoms with E-state index in [0.29, 0.717) is 11.2 Å². The lowest BCUT2D eigenvalue weighted by Gasteiger charge is -1.99. The van der Waals surface area contributed by atoms with Crippen molar-refractivity contribution in [3.63, 3.8) is 0 Å². The number of aromatic amines is 1. The van der Waals surface area contributed by atoms with Crippen LogP contribution in [0.15, 0.2) is 4.79 Å². The van der Waals surface area contributed by atoms with E-state index in [1.54, 1.807) is 11.3 Å². The Hall–Kier alpha value is -1.69. The van der Waals surface area contributed by atoms with Gasteiger partial charge in [0.15, 0.2) is 0 Å². The third-order valence-electron chi connectivity index (χ3n) is 3.53. The zero-order valence-corrected chi connectivity index (χ0v) is 13.2. The molecule has 0 atom stereocenters. The first-order valence-electron chi connectivity index (χ1n) is 7.26. The Balaban J connectivity index is 2.31. The van der Waals surface area contributed by atoms with Gasteiger partial charge in [-0.05, 0) is 25.3 Å². The van der Waals surface area contributed by atoms with Gasteiger partial charge in [-0.2, -0.15) is 0 Å². The molecule has 0 aromatic carbocycles. The molecule has 2 heterocycles. The molecule has 2 aromatic heterocycles. The number of thiophene rings is 1. The van der Waals surface area contributed by atoms with Crippen molar-refractivity contribution in [3.8, 4) is 0 Å². The fourth-order valence-corrected chi connectivity index (χ4v) is 3.59. The first-order chi connectivity index (χ1) is 10.0.